The maximum absolute atomic E-state index is 13.5. The van der Waals surface area contributed by atoms with E-state index in [1.165, 1.54) is 0 Å². The molecule has 0 aromatic heterocycles. The van der Waals surface area contributed by atoms with Crippen LogP contribution in [0, 0.1) is 11.6 Å². The van der Waals surface area contributed by atoms with E-state index in [2.05, 4.69) is 10.1 Å². The molecule has 1 heterocycles. The lowest BCUT2D eigenvalue weighted by molar-refractivity contribution is -0.124. The van der Waals surface area contributed by atoms with E-state index in [0.29, 0.717) is 11.5 Å². The number of benzene rings is 2. The van der Waals surface area contributed by atoms with E-state index in [1.54, 1.807) is 25.1 Å². The van der Waals surface area contributed by atoms with Crippen molar-refractivity contribution in [1.82, 2.24) is 5.32 Å². The largest absolute Gasteiger partial charge is 0.454 e. The fourth-order valence-corrected chi connectivity index (χ4v) is 2.45. The van der Waals surface area contributed by atoms with E-state index in [0.717, 1.165) is 23.8 Å². The highest BCUT2D eigenvalue weighted by atomic mass is 19.1. The Bertz CT molecular complexity index is 835. The van der Waals surface area contributed by atoms with Gasteiger partial charge in [-0.3, -0.25) is 4.79 Å². The molecule has 6 nitrogen and oxygen atoms in total. The van der Waals surface area contributed by atoms with Crippen LogP contribution in [0.1, 0.15) is 28.9 Å². The third-order valence-corrected chi connectivity index (χ3v) is 3.78. The number of rotatable bonds is 5. The predicted octanol–water partition coefficient (Wildman–Crippen LogP) is 2.73. The Balaban J connectivity index is 1.56. The highest BCUT2D eigenvalue weighted by Gasteiger charge is 2.21. The molecule has 0 radical (unpaired) electrons. The first-order valence-corrected chi connectivity index (χ1v) is 7.75. The van der Waals surface area contributed by atoms with Crippen molar-refractivity contribution in [2.24, 2.45) is 0 Å². The fraction of sp³-hybridized carbons (Fsp3) is 0.222. The highest BCUT2D eigenvalue weighted by Crippen LogP contribution is 2.34. The topological polar surface area (TPSA) is 73.9 Å². The maximum atomic E-state index is 13.5. The van der Waals surface area contributed by atoms with Gasteiger partial charge in [-0.15, -0.1) is 0 Å². The van der Waals surface area contributed by atoms with Gasteiger partial charge in [0.25, 0.3) is 5.91 Å². The number of ether oxygens (including phenoxy) is 3. The quantitative estimate of drug-likeness (QED) is 0.827. The first kappa shape index (κ1) is 17.7. The Kier molecular flexibility index (Phi) is 5.01. The van der Waals surface area contributed by atoms with Gasteiger partial charge in [0.05, 0.1) is 6.04 Å². The molecule has 1 atom stereocenters. The third kappa shape index (κ3) is 3.74. The van der Waals surface area contributed by atoms with Gasteiger partial charge in [0.1, 0.15) is 17.2 Å². The molecule has 1 amide bonds. The zero-order valence-electron chi connectivity index (χ0n) is 13.8. The number of amides is 1. The molecule has 1 N–H and O–H groups in total. The summed E-state index contributed by atoms with van der Waals surface area (Å²) in [7, 11) is 0. The zero-order chi connectivity index (χ0) is 18.7. The van der Waals surface area contributed by atoms with Crippen molar-refractivity contribution in [1.29, 1.82) is 0 Å². The molecule has 3 rings (SSSR count). The third-order valence-electron chi connectivity index (χ3n) is 3.78. The lowest BCUT2D eigenvalue weighted by Gasteiger charge is -2.15. The molecule has 0 aliphatic carbocycles. The summed E-state index contributed by atoms with van der Waals surface area (Å²) >= 11 is 0. The Morgan fingerprint density at radius 2 is 1.85 bits per heavy atom. The summed E-state index contributed by atoms with van der Waals surface area (Å²) in [6.45, 7) is 1.21. The van der Waals surface area contributed by atoms with Crippen molar-refractivity contribution in [3.63, 3.8) is 0 Å². The number of fused-ring (bicyclic) bond motifs is 1. The summed E-state index contributed by atoms with van der Waals surface area (Å²) in [4.78, 5) is 23.7. The molecule has 1 aliphatic rings. The predicted molar refractivity (Wildman–Crippen MR) is 85.8 cm³/mol. The van der Waals surface area contributed by atoms with Gasteiger partial charge < -0.3 is 19.5 Å². The van der Waals surface area contributed by atoms with E-state index in [-0.39, 0.29) is 6.79 Å². The van der Waals surface area contributed by atoms with Gasteiger partial charge in [-0.2, -0.15) is 0 Å². The second-order valence-electron chi connectivity index (χ2n) is 5.57. The van der Waals surface area contributed by atoms with Crippen LogP contribution in [0.25, 0.3) is 0 Å². The Hall–Kier alpha value is -3.16. The highest BCUT2D eigenvalue weighted by molar-refractivity contribution is 5.91. The summed E-state index contributed by atoms with van der Waals surface area (Å²) in [6, 6.07) is 7.81. The van der Waals surface area contributed by atoms with Crippen LogP contribution in [0.5, 0.6) is 11.5 Å². The van der Waals surface area contributed by atoms with Crippen LogP contribution in [0.3, 0.4) is 0 Å². The van der Waals surface area contributed by atoms with E-state index in [1.807, 2.05) is 0 Å². The van der Waals surface area contributed by atoms with E-state index < -0.39 is 41.7 Å². The number of esters is 1. The molecule has 0 saturated carbocycles. The Morgan fingerprint density at radius 1 is 1.15 bits per heavy atom. The lowest BCUT2D eigenvalue weighted by atomic mass is 10.1. The second-order valence-corrected chi connectivity index (χ2v) is 5.57. The summed E-state index contributed by atoms with van der Waals surface area (Å²) in [5, 5.41) is 2.62. The number of carbonyl (C=O) groups is 2. The monoisotopic (exact) mass is 363 g/mol. The Morgan fingerprint density at radius 3 is 2.58 bits per heavy atom. The minimum atomic E-state index is -1.24. The smallest absolute Gasteiger partial charge is 0.344 e. The van der Waals surface area contributed by atoms with Gasteiger partial charge in [0, 0.05) is 0 Å². The van der Waals surface area contributed by atoms with Crippen LogP contribution in [-0.2, 0) is 9.53 Å². The molecular weight excluding hydrogens is 348 g/mol. The number of nitrogens with one attached hydrogen (secondary N) is 1. The molecule has 2 aromatic carbocycles. The minimum absolute atomic E-state index is 0.141. The number of hydrogen-bond donors (Lipinski definition) is 1. The molecule has 1 aliphatic heterocycles. The van der Waals surface area contributed by atoms with Crippen molar-refractivity contribution in [3.05, 3.63) is 59.2 Å². The van der Waals surface area contributed by atoms with E-state index >= 15 is 0 Å². The van der Waals surface area contributed by atoms with Gasteiger partial charge in [-0.1, -0.05) is 12.1 Å². The summed E-state index contributed by atoms with van der Waals surface area (Å²) in [5.41, 5.74) is -0.0711. The van der Waals surface area contributed by atoms with Crippen LogP contribution in [-0.4, -0.2) is 25.3 Å². The number of carbonyl (C=O) groups excluding carboxylic acids is 2. The standard InChI is InChI=1S/C18H15F2NO5/c1-10(11-5-6-14-15(7-11)26-9-25-14)21-16(22)8-24-18(23)17-12(19)3-2-4-13(17)20/h2-7,10H,8-9H2,1H3,(H,21,22). The van der Waals surface area contributed by atoms with Gasteiger partial charge >= 0.3 is 5.97 Å². The molecule has 1 unspecified atom stereocenters. The van der Waals surface area contributed by atoms with Gasteiger partial charge in [-0.05, 0) is 36.8 Å². The minimum Gasteiger partial charge on any atom is -0.454 e. The van der Waals surface area contributed by atoms with E-state index in [4.69, 9.17) is 9.47 Å². The molecule has 0 bridgehead atoms. The Labute approximate surface area is 147 Å². The number of halogens is 2. The second kappa shape index (κ2) is 7.38. The fourth-order valence-electron chi connectivity index (χ4n) is 2.45. The van der Waals surface area contributed by atoms with Gasteiger partial charge in [-0.25, -0.2) is 13.6 Å². The molecule has 136 valence electrons. The summed E-state index contributed by atoms with van der Waals surface area (Å²) in [5.74, 6) is -2.77. The van der Waals surface area contributed by atoms with Crippen LogP contribution < -0.4 is 14.8 Å². The molecule has 0 spiro atoms. The average molecular weight is 363 g/mol. The van der Waals surface area contributed by atoms with Crippen LogP contribution in [0.15, 0.2) is 36.4 Å². The molecule has 0 saturated heterocycles. The normalized spacial score (nSPS) is 13.2. The van der Waals surface area contributed by atoms with Gasteiger partial charge in [0.2, 0.25) is 6.79 Å². The maximum Gasteiger partial charge on any atom is 0.344 e. The average Bonchev–Trinajstić information content (AvgIpc) is 3.07. The van der Waals surface area contributed by atoms with Crippen molar-refractivity contribution >= 4 is 11.9 Å². The van der Waals surface area contributed by atoms with Crippen molar-refractivity contribution in [2.45, 2.75) is 13.0 Å². The summed E-state index contributed by atoms with van der Waals surface area (Å²) in [6.07, 6.45) is 0. The number of hydrogen-bond acceptors (Lipinski definition) is 5. The lowest BCUT2D eigenvalue weighted by Crippen LogP contribution is -2.31. The summed E-state index contributed by atoms with van der Waals surface area (Å²) < 4.78 is 42.2. The molecular formula is C18H15F2NO5. The van der Waals surface area contributed by atoms with E-state index in [9.17, 15) is 18.4 Å². The first-order valence-electron chi connectivity index (χ1n) is 7.75. The van der Waals surface area contributed by atoms with Crippen LogP contribution in [0.4, 0.5) is 8.78 Å². The van der Waals surface area contributed by atoms with Crippen LogP contribution >= 0.6 is 0 Å². The van der Waals surface area contributed by atoms with Crippen molar-refractivity contribution in [3.8, 4) is 11.5 Å². The van der Waals surface area contributed by atoms with Crippen molar-refractivity contribution < 1.29 is 32.6 Å². The molecule has 2 aromatic rings. The zero-order valence-corrected chi connectivity index (χ0v) is 13.8. The molecule has 8 heteroatoms. The SMILES string of the molecule is CC(NC(=O)COC(=O)c1c(F)cccc1F)c1ccc2c(c1)OCO2. The molecule has 0 fully saturated rings. The molecule has 26 heavy (non-hydrogen) atoms. The van der Waals surface area contributed by atoms with Gasteiger partial charge in [0.15, 0.2) is 18.1 Å². The first-order chi connectivity index (χ1) is 12.5. The van der Waals surface area contributed by atoms with Crippen molar-refractivity contribution in [2.75, 3.05) is 13.4 Å². The van der Waals surface area contributed by atoms with Crippen LogP contribution in [0.2, 0.25) is 0 Å².